The molecule has 0 radical (unpaired) electrons. The van der Waals surface area contributed by atoms with Crippen LogP contribution in [0.3, 0.4) is 0 Å². The number of para-hydroxylation sites is 1. The van der Waals surface area contributed by atoms with Gasteiger partial charge in [0.15, 0.2) is 0 Å². The van der Waals surface area contributed by atoms with Crippen LogP contribution in [0.2, 0.25) is 0 Å². The molecule has 1 aliphatic rings. The maximum atomic E-state index is 13.0. The fraction of sp³-hybridized carbons (Fsp3) is 0.321. The largest absolute Gasteiger partial charge is 0.496 e. The van der Waals surface area contributed by atoms with E-state index in [9.17, 15) is 4.79 Å². The monoisotopic (exact) mass is 428 g/mol. The third-order valence-corrected chi connectivity index (χ3v) is 6.35. The van der Waals surface area contributed by atoms with Crippen molar-refractivity contribution in [3.8, 4) is 5.75 Å². The van der Waals surface area contributed by atoms with Crippen LogP contribution in [0.1, 0.15) is 35.6 Å². The molecule has 4 nitrogen and oxygen atoms in total. The zero-order valence-corrected chi connectivity index (χ0v) is 18.7. The van der Waals surface area contributed by atoms with Gasteiger partial charge in [-0.1, -0.05) is 78.9 Å². The van der Waals surface area contributed by atoms with Crippen LogP contribution < -0.4 is 10.1 Å². The van der Waals surface area contributed by atoms with Crippen molar-refractivity contribution in [2.45, 2.75) is 31.8 Å². The van der Waals surface area contributed by atoms with Crippen molar-refractivity contribution in [2.24, 2.45) is 5.92 Å². The highest BCUT2D eigenvalue weighted by Gasteiger charge is 2.32. The lowest BCUT2D eigenvalue weighted by atomic mass is 9.88. The Hall–Kier alpha value is -3.11. The van der Waals surface area contributed by atoms with Crippen molar-refractivity contribution in [3.05, 3.63) is 102 Å². The van der Waals surface area contributed by atoms with E-state index < -0.39 is 0 Å². The minimum Gasteiger partial charge on any atom is -0.496 e. The Labute approximate surface area is 191 Å². The summed E-state index contributed by atoms with van der Waals surface area (Å²) in [5.41, 5.74) is 3.73. The van der Waals surface area contributed by atoms with E-state index in [1.165, 1.54) is 11.1 Å². The summed E-state index contributed by atoms with van der Waals surface area (Å²) >= 11 is 0. The number of rotatable bonds is 8. The molecule has 1 aliphatic heterocycles. The Morgan fingerprint density at radius 1 is 0.938 bits per heavy atom. The predicted molar refractivity (Wildman–Crippen MR) is 128 cm³/mol. The molecule has 0 bridgehead atoms. The number of ether oxygens (including phenoxy) is 1. The molecular weight excluding hydrogens is 396 g/mol. The number of hydrogen-bond donors (Lipinski definition) is 1. The average Bonchev–Trinajstić information content (AvgIpc) is 2.85. The van der Waals surface area contributed by atoms with E-state index in [1.54, 1.807) is 7.11 Å². The predicted octanol–water partition coefficient (Wildman–Crippen LogP) is 5.01. The third kappa shape index (κ3) is 5.57. The number of carbonyl (C=O) groups is 1. The first-order chi connectivity index (χ1) is 15.7. The van der Waals surface area contributed by atoms with Gasteiger partial charge in [0.1, 0.15) is 5.75 Å². The van der Waals surface area contributed by atoms with Crippen LogP contribution in [-0.4, -0.2) is 31.0 Å². The number of piperidine rings is 1. The van der Waals surface area contributed by atoms with Gasteiger partial charge in [-0.15, -0.1) is 0 Å². The van der Waals surface area contributed by atoms with Crippen LogP contribution in [0.4, 0.5) is 0 Å². The topological polar surface area (TPSA) is 41.6 Å². The fourth-order valence-corrected chi connectivity index (χ4v) is 4.68. The van der Waals surface area contributed by atoms with E-state index in [2.05, 4.69) is 70.9 Å². The lowest BCUT2D eigenvalue weighted by molar-refractivity contribution is -0.127. The van der Waals surface area contributed by atoms with Gasteiger partial charge in [-0.05, 0) is 42.0 Å². The number of likely N-dealkylation sites (tertiary alicyclic amines) is 1. The molecule has 0 saturated carbocycles. The van der Waals surface area contributed by atoms with Crippen molar-refractivity contribution in [3.63, 3.8) is 0 Å². The maximum Gasteiger partial charge on any atom is 0.224 e. The zero-order valence-electron chi connectivity index (χ0n) is 18.7. The first-order valence-corrected chi connectivity index (χ1v) is 11.5. The summed E-state index contributed by atoms with van der Waals surface area (Å²) in [6, 6.07) is 29.6. The molecule has 0 aromatic heterocycles. The quantitative estimate of drug-likeness (QED) is 0.549. The number of amides is 1. The number of nitrogens with zero attached hydrogens (tertiary/aromatic N) is 1. The third-order valence-electron chi connectivity index (χ3n) is 6.35. The summed E-state index contributed by atoms with van der Waals surface area (Å²) < 4.78 is 5.42. The highest BCUT2D eigenvalue weighted by Crippen LogP contribution is 2.34. The van der Waals surface area contributed by atoms with Crippen LogP contribution in [0.5, 0.6) is 5.75 Å². The first kappa shape index (κ1) is 22.1. The Balaban J connectivity index is 1.39. The molecule has 3 aromatic carbocycles. The van der Waals surface area contributed by atoms with Gasteiger partial charge in [0.25, 0.3) is 0 Å². The highest BCUT2D eigenvalue weighted by atomic mass is 16.5. The Bertz CT molecular complexity index is 991. The normalized spacial score (nSPS) is 18.8. The summed E-state index contributed by atoms with van der Waals surface area (Å²) in [6.45, 7) is 2.25. The maximum absolute atomic E-state index is 13.0. The average molecular weight is 429 g/mol. The summed E-state index contributed by atoms with van der Waals surface area (Å²) in [5, 5.41) is 3.17. The number of nitrogens with one attached hydrogen (secondary N) is 1. The van der Waals surface area contributed by atoms with Gasteiger partial charge < -0.3 is 10.1 Å². The van der Waals surface area contributed by atoms with E-state index in [4.69, 9.17) is 4.74 Å². The van der Waals surface area contributed by atoms with Crippen molar-refractivity contribution in [1.82, 2.24) is 10.2 Å². The minimum atomic E-state index is 0.0105. The molecule has 2 atom stereocenters. The smallest absolute Gasteiger partial charge is 0.224 e. The Morgan fingerprint density at radius 3 is 2.38 bits per heavy atom. The second kappa shape index (κ2) is 11.0. The second-order valence-electron chi connectivity index (χ2n) is 8.47. The molecule has 2 unspecified atom stereocenters. The highest BCUT2D eigenvalue weighted by molar-refractivity contribution is 5.79. The van der Waals surface area contributed by atoms with Crippen molar-refractivity contribution < 1.29 is 9.53 Å². The van der Waals surface area contributed by atoms with Crippen LogP contribution >= 0.6 is 0 Å². The van der Waals surface area contributed by atoms with E-state index >= 15 is 0 Å². The fourth-order valence-electron chi connectivity index (χ4n) is 4.68. The number of benzene rings is 3. The van der Waals surface area contributed by atoms with Gasteiger partial charge in [-0.25, -0.2) is 0 Å². The van der Waals surface area contributed by atoms with E-state index in [0.29, 0.717) is 12.6 Å². The van der Waals surface area contributed by atoms with Crippen LogP contribution in [0, 0.1) is 5.92 Å². The SMILES string of the molecule is COc1ccccc1CCNC(=O)C1CCC(c2ccccc2)N(Cc2ccccc2)C1. The Kier molecular flexibility index (Phi) is 7.57. The van der Waals surface area contributed by atoms with Crippen molar-refractivity contribution >= 4 is 5.91 Å². The lowest BCUT2D eigenvalue weighted by Gasteiger charge is -2.39. The molecule has 4 rings (SSSR count). The Morgan fingerprint density at radius 2 is 1.62 bits per heavy atom. The van der Waals surface area contributed by atoms with Crippen LogP contribution in [0.25, 0.3) is 0 Å². The molecule has 0 spiro atoms. The standard InChI is InChI=1S/C28H32N2O2/c1-32-27-15-9-8-14-24(27)18-19-29-28(31)25-16-17-26(23-12-6-3-7-13-23)30(21-25)20-22-10-4-2-5-11-22/h2-15,25-26H,16-21H2,1H3,(H,29,31). The zero-order chi connectivity index (χ0) is 22.2. The van der Waals surface area contributed by atoms with Gasteiger partial charge in [-0.3, -0.25) is 9.69 Å². The molecule has 1 heterocycles. The molecular formula is C28H32N2O2. The molecule has 166 valence electrons. The molecule has 0 aliphatic carbocycles. The number of carbonyl (C=O) groups excluding carboxylic acids is 1. The molecule has 32 heavy (non-hydrogen) atoms. The lowest BCUT2D eigenvalue weighted by Crippen LogP contribution is -2.44. The van der Waals surface area contributed by atoms with E-state index in [1.807, 2.05) is 24.3 Å². The van der Waals surface area contributed by atoms with Gasteiger partial charge in [0.2, 0.25) is 5.91 Å². The summed E-state index contributed by atoms with van der Waals surface area (Å²) in [6.07, 6.45) is 2.66. The van der Waals surface area contributed by atoms with E-state index in [-0.39, 0.29) is 11.8 Å². The van der Waals surface area contributed by atoms with Gasteiger partial charge in [-0.2, -0.15) is 0 Å². The molecule has 1 fully saturated rings. The molecule has 1 amide bonds. The van der Waals surface area contributed by atoms with Crippen molar-refractivity contribution in [2.75, 3.05) is 20.2 Å². The summed E-state index contributed by atoms with van der Waals surface area (Å²) in [7, 11) is 1.68. The number of hydrogen-bond acceptors (Lipinski definition) is 3. The first-order valence-electron chi connectivity index (χ1n) is 11.5. The van der Waals surface area contributed by atoms with Crippen molar-refractivity contribution in [1.29, 1.82) is 0 Å². The van der Waals surface area contributed by atoms with Gasteiger partial charge in [0, 0.05) is 25.7 Å². The molecule has 1 N–H and O–H groups in total. The molecule has 3 aromatic rings. The van der Waals surface area contributed by atoms with E-state index in [0.717, 1.165) is 43.7 Å². The van der Waals surface area contributed by atoms with Gasteiger partial charge in [0.05, 0.1) is 13.0 Å². The van der Waals surface area contributed by atoms with Crippen LogP contribution in [-0.2, 0) is 17.8 Å². The molecule has 4 heteroatoms. The van der Waals surface area contributed by atoms with Gasteiger partial charge >= 0.3 is 0 Å². The number of methoxy groups -OCH3 is 1. The second-order valence-corrected chi connectivity index (χ2v) is 8.47. The summed E-state index contributed by atoms with van der Waals surface area (Å²) in [4.78, 5) is 15.5. The van der Waals surface area contributed by atoms with Crippen LogP contribution in [0.15, 0.2) is 84.9 Å². The molecule has 1 saturated heterocycles. The summed E-state index contributed by atoms with van der Waals surface area (Å²) in [5.74, 6) is 1.04. The minimum absolute atomic E-state index is 0.0105.